The zero-order valence-electron chi connectivity index (χ0n) is 13.2. The summed E-state index contributed by atoms with van der Waals surface area (Å²) in [6.45, 7) is 3.02. The molecule has 1 heterocycles. The van der Waals surface area contributed by atoms with Gasteiger partial charge in [-0.1, -0.05) is 43.3 Å². The number of hydrogen-bond acceptors (Lipinski definition) is 4. The number of anilines is 1. The van der Waals surface area contributed by atoms with Gasteiger partial charge in [-0.3, -0.25) is 4.79 Å². The molecule has 0 aliphatic heterocycles. The third-order valence-corrected chi connectivity index (χ3v) is 3.69. The molecule has 0 bridgehead atoms. The summed E-state index contributed by atoms with van der Waals surface area (Å²) in [5.41, 5.74) is 2.92. The summed E-state index contributed by atoms with van der Waals surface area (Å²) in [5, 5.41) is 5.52. The number of pyridine rings is 1. The van der Waals surface area contributed by atoms with Crippen molar-refractivity contribution in [3.8, 4) is 0 Å². The molecule has 118 valence electrons. The summed E-state index contributed by atoms with van der Waals surface area (Å²) in [6, 6.07) is 16.1. The SMILES string of the molecule is CCCOC(=O)CCNc1c2ccccc2nc2ccccc12. The fourth-order valence-electron chi connectivity index (χ4n) is 2.61. The summed E-state index contributed by atoms with van der Waals surface area (Å²) in [7, 11) is 0. The minimum atomic E-state index is -0.165. The number of nitrogens with zero attached hydrogens (tertiary/aromatic N) is 1. The lowest BCUT2D eigenvalue weighted by molar-refractivity contribution is -0.143. The van der Waals surface area contributed by atoms with E-state index in [4.69, 9.17) is 9.72 Å². The largest absolute Gasteiger partial charge is 0.466 e. The molecule has 0 saturated heterocycles. The molecular formula is C19H20N2O2. The number of benzene rings is 2. The first-order valence-corrected chi connectivity index (χ1v) is 7.96. The highest BCUT2D eigenvalue weighted by molar-refractivity contribution is 6.07. The standard InChI is InChI=1S/C19H20N2O2/c1-2-13-23-18(22)11-12-20-19-14-7-3-5-9-16(14)21-17-10-6-4-8-15(17)19/h3-10H,2,11-13H2,1H3,(H,20,21). The van der Waals surface area contributed by atoms with Crippen LogP contribution in [0.15, 0.2) is 48.5 Å². The predicted octanol–water partition coefficient (Wildman–Crippen LogP) is 4.14. The number of ether oxygens (including phenoxy) is 1. The normalized spacial score (nSPS) is 10.8. The van der Waals surface area contributed by atoms with E-state index in [1.165, 1.54) is 0 Å². The second-order valence-corrected chi connectivity index (χ2v) is 5.42. The number of carbonyl (C=O) groups is 1. The molecular weight excluding hydrogens is 288 g/mol. The molecule has 1 aromatic heterocycles. The van der Waals surface area contributed by atoms with Gasteiger partial charge in [-0.15, -0.1) is 0 Å². The molecule has 3 rings (SSSR count). The van der Waals surface area contributed by atoms with Crippen LogP contribution in [0.5, 0.6) is 0 Å². The lowest BCUT2D eigenvalue weighted by Gasteiger charge is -2.13. The molecule has 23 heavy (non-hydrogen) atoms. The Labute approximate surface area is 135 Å². The number of rotatable bonds is 6. The Morgan fingerprint density at radius 3 is 2.26 bits per heavy atom. The average molecular weight is 308 g/mol. The minimum Gasteiger partial charge on any atom is -0.466 e. The average Bonchev–Trinajstić information content (AvgIpc) is 2.59. The van der Waals surface area contributed by atoms with E-state index in [-0.39, 0.29) is 5.97 Å². The quantitative estimate of drug-likeness (QED) is 0.549. The molecule has 0 radical (unpaired) electrons. The van der Waals surface area contributed by atoms with Crippen LogP contribution in [0.4, 0.5) is 5.69 Å². The molecule has 3 aromatic rings. The lowest BCUT2D eigenvalue weighted by atomic mass is 10.1. The fraction of sp³-hybridized carbons (Fsp3) is 0.263. The van der Waals surface area contributed by atoms with Crippen molar-refractivity contribution in [3.05, 3.63) is 48.5 Å². The van der Waals surface area contributed by atoms with Crippen molar-refractivity contribution in [2.24, 2.45) is 0 Å². The second kappa shape index (κ2) is 7.09. The monoisotopic (exact) mass is 308 g/mol. The Morgan fingerprint density at radius 1 is 1.04 bits per heavy atom. The number of nitrogens with one attached hydrogen (secondary N) is 1. The summed E-state index contributed by atoms with van der Waals surface area (Å²) in [6.07, 6.45) is 1.20. The summed E-state index contributed by atoms with van der Waals surface area (Å²) < 4.78 is 5.11. The maximum atomic E-state index is 11.6. The van der Waals surface area contributed by atoms with Crippen molar-refractivity contribution in [3.63, 3.8) is 0 Å². The van der Waals surface area contributed by atoms with E-state index in [0.29, 0.717) is 19.6 Å². The van der Waals surface area contributed by atoms with E-state index in [1.54, 1.807) is 0 Å². The molecule has 0 fully saturated rings. The Balaban J connectivity index is 1.87. The first-order chi connectivity index (χ1) is 11.3. The first kappa shape index (κ1) is 15.3. The van der Waals surface area contributed by atoms with Crippen molar-refractivity contribution < 1.29 is 9.53 Å². The minimum absolute atomic E-state index is 0.165. The summed E-state index contributed by atoms with van der Waals surface area (Å²) >= 11 is 0. The van der Waals surface area contributed by atoms with Gasteiger partial charge in [-0.25, -0.2) is 4.98 Å². The van der Waals surface area contributed by atoms with Crippen molar-refractivity contribution in [1.82, 2.24) is 4.98 Å². The molecule has 0 atom stereocenters. The maximum Gasteiger partial charge on any atom is 0.307 e. The van der Waals surface area contributed by atoms with Gasteiger partial charge in [0, 0.05) is 17.3 Å². The highest BCUT2D eigenvalue weighted by Crippen LogP contribution is 2.30. The van der Waals surface area contributed by atoms with Crippen molar-refractivity contribution >= 4 is 33.5 Å². The van der Waals surface area contributed by atoms with Crippen molar-refractivity contribution in [2.45, 2.75) is 19.8 Å². The van der Waals surface area contributed by atoms with Crippen LogP contribution in [0.1, 0.15) is 19.8 Å². The third kappa shape index (κ3) is 3.42. The molecule has 0 saturated carbocycles. The van der Waals surface area contributed by atoms with E-state index in [0.717, 1.165) is 33.9 Å². The number of aromatic nitrogens is 1. The van der Waals surface area contributed by atoms with Crippen molar-refractivity contribution in [2.75, 3.05) is 18.5 Å². The molecule has 2 aromatic carbocycles. The van der Waals surface area contributed by atoms with Crippen molar-refractivity contribution in [1.29, 1.82) is 0 Å². The third-order valence-electron chi connectivity index (χ3n) is 3.69. The van der Waals surface area contributed by atoms with Crippen LogP contribution >= 0.6 is 0 Å². The van der Waals surface area contributed by atoms with E-state index < -0.39 is 0 Å². The van der Waals surface area contributed by atoms with Gasteiger partial charge in [-0.2, -0.15) is 0 Å². The van der Waals surface area contributed by atoms with Crippen LogP contribution in [-0.2, 0) is 9.53 Å². The van der Waals surface area contributed by atoms with Crippen LogP contribution in [-0.4, -0.2) is 24.1 Å². The number of hydrogen-bond donors (Lipinski definition) is 1. The second-order valence-electron chi connectivity index (χ2n) is 5.42. The van der Waals surface area contributed by atoms with E-state index in [2.05, 4.69) is 5.32 Å². The zero-order chi connectivity index (χ0) is 16.1. The Morgan fingerprint density at radius 2 is 1.65 bits per heavy atom. The lowest BCUT2D eigenvalue weighted by Crippen LogP contribution is -2.12. The Hall–Kier alpha value is -2.62. The molecule has 1 N–H and O–H groups in total. The molecule has 0 amide bonds. The molecule has 0 spiro atoms. The van der Waals surface area contributed by atoms with Crippen LogP contribution < -0.4 is 5.32 Å². The van der Waals surface area contributed by atoms with Crippen LogP contribution in [0.25, 0.3) is 21.8 Å². The molecule has 4 nitrogen and oxygen atoms in total. The molecule has 0 aliphatic rings. The molecule has 4 heteroatoms. The van der Waals surface area contributed by atoms with Crippen LogP contribution in [0.3, 0.4) is 0 Å². The Bertz CT molecular complexity index is 776. The van der Waals surface area contributed by atoms with E-state index >= 15 is 0 Å². The smallest absolute Gasteiger partial charge is 0.307 e. The molecule has 0 unspecified atom stereocenters. The van der Waals surface area contributed by atoms with Gasteiger partial charge in [0.2, 0.25) is 0 Å². The number of para-hydroxylation sites is 2. The van der Waals surface area contributed by atoms with Crippen LogP contribution in [0, 0.1) is 0 Å². The van der Waals surface area contributed by atoms with Gasteiger partial charge in [-0.05, 0) is 18.6 Å². The van der Waals surface area contributed by atoms with Gasteiger partial charge in [0.05, 0.1) is 29.7 Å². The maximum absolute atomic E-state index is 11.6. The molecule has 0 aliphatic carbocycles. The zero-order valence-corrected chi connectivity index (χ0v) is 13.2. The number of esters is 1. The fourth-order valence-corrected chi connectivity index (χ4v) is 2.61. The van der Waals surface area contributed by atoms with E-state index in [1.807, 2.05) is 55.5 Å². The van der Waals surface area contributed by atoms with Gasteiger partial charge >= 0.3 is 5.97 Å². The van der Waals surface area contributed by atoms with Gasteiger partial charge in [0.15, 0.2) is 0 Å². The van der Waals surface area contributed by atoms with E-state index in [9.17, 15) is 4.79 Å². The van der Waals surface area contributed by atoms with Crippen LogP contribution in [0.2, 0.25) is 0 Å². The summed E-state index contributed by atoms with van der Waals surface area (Å²) in [5.74, 6) is -0.165. The number of fused-ring (bicyclic) bond motifs is 2. The summed E-state index contributed by atoms with van der Waals surface area (Å²) in [4.78, 5) is 16.3. The topological polar surface area (TPSA) is 51.2 Å². The highest BCUT2D eigenvalue weighted by Gasteiger charge is 2.09. The van der Waals surface area contributed by atoms with Gasteiger partial charge in [0.1, 0.15) is 0 Å². The highest BCUT2D eigenvalue weighted by atomic mass is 16.5. The predicted molar refractivity (Wildman–Crippen MR) is 93.6 cm³/mol. The number of carbonyl (C=O) groups excluding carboxylic acids is 1. The van der Waals surface area contributed by atoms with Gasteiger partial charge < -0.3 is 10.1 Å². The first-order valence-electron chi connectivity index (χ1n) is 7.96. The van der Waals surface area contributed by atoms with Gasteiger partial charge in [0.25, 0.3) is 0 Å². The Kier molecular flexibility index (Phi) is 4.71.